The van der Waals surface area contributed by atoms with E-state index in [1.165, 1.54) is 6.33 Å². The highest BCUT2D eigenvalue weighted by Gasteiger charge is 2.25. The Kier molecular flexibility index (Phi) is 4.70. The van der Waals surface area contributed by atoms with Crippen LogP contribution >= 0.6 is 15.9 Å². The number of hydrogen-bond acceptors (Lipinski definition) is 8. The van der Waals surface area contributed by atoms with E-state index in [-0.39, 0.29) is 18.0 Å². The Morgan fingerprint density at radius 1 is 1.26 bits per heavy atom. The summed E-state index contributed by atoms with van der Waals surface area (Å²) >= 11 is 3.37. The number of rotatable bonds is 4. The summed E-state index contributed by atoms with van der Waals surface area (Å²) in [7, 11) is 0. The number of pyridine rings is 1. The fourth-order valence-corrected chi connectivity index (χ4v) is 3.65. The van der Waals surface area contributed by atoms with Crippen molar-refractivity contribution in [3.05, 3.63) is 46.1 Å². The fourth-order valence-electron chi connectivity index (χ4n) is 3.32. The average molecular weight is 483 g/mol. The maximum absolute atomic E-state index is 12.8. The molecule has 0 unspecified atom stereocenters. The number of imidazole rings is 1. The number of nitrogens with zero attached hydrogens (tertiary/aromatic N) is 5. The van der Waals surface area contributed by atoms with Gasteiger partial charge in [-0.3, -0.25) is 9.59 Å². The van der Waals surface area contributed by atoms with E-state index in [1.54, 1.807) is 19.2 Å². The van der Waals surface area contributed by atoms with Gasteiger partial charge in [0.15, 0.2) is 17.2 Å². The number of fused-ring (bicyclic) bond motifs is 2. The summed E-state index contributed by atoms with van der Waals surface area (Å²) in [5.41, 5.74) is 2.66. The molecule has 2 amide bonds. The first kappa shape index (κ1) is 19.3. The zero-order valence-corrected chi connectivity index (χ0v) is 17.7. The molecule has 5 rings (SSSR count). The first-order valence-corrected chi connectivity index (χ1v) is 10.2. The summed E-state index contributed by atoms with van der Waals surface area (Å²) in [6, 6.07) is 3.09. The van der Waals surface area contributed by atoms with Gasteiger partial charge < -0.3 is 20.1 Å². The minimum Gasteiger partial charge on any atom is -0.358 e. The van der Waals surface area contributed by atoms with Crippen LogP contribution in [-0.4, -0.2) is 41.9 Å². The molecule has 4 aromatic rings. The molecular formula is C19H15BrN8O3. The molecule has 1 atom stereocenters. The predicted molar refractivity (Wildman–Crippen MR) is 112 cm³/mol. The summed E-state index contributed by atoms with van der Waals surface area (Å²) in [6.07, 6.45) is 3.60. The topological polar surface area (TPSA) is 152 Å². The number of nitrogens with one attached hydrogen (secondary N) is 3. The summed E-state index contributed by atoms with van der Waals surface area (Å²) in [6.45, 7) is 1.77. The lowest BCUT2D eigenvalue weighted by Gasteiger charge is -2.18. The van der Waals surface area contributed by atoms with Crippen molar-refractivity contribution in [1.29, 1.82) is 0 Å². The minimum atomic E-state index is -0.478. The van der Waals surface area contributed by atoms with E-state index in [4.69, 9.17) is 4.52 Å². The third-order valence-electron chi connectivity index (χ3n) is 4.87. The van der Waals surface area contributed by atoms with Crippen molar-refractivity contribution in [3.63, 3.8) is 0 Å². The Morgan fingerprint density at radius 2 is 2.13 bits per heavy atom. The van der Waals surface area contributed by atoms with Gasteiger partial charge in [-0.15, -0.1) is 0 Å². The first-order chi connectivity index (χ1) is 15.0. The van der Waals surface area contributed by atoms with Crippen LogP contribution in [0.5, 0.6) is 0 Å². The van der Waals surface area contributed by atoms with E-state index in [0.717, 1.165) is 9.99 Å². The maximum Gasteiger partial charge on any atom is 0.270 e. The molecule has 0 aliphatic carbocycles. The molecule has 0 spiro atoms. The quantitative estimate of drug-likeness (QED) is 0.401. The number of aromatic amines is 1. The molecule has 12 heteroatoms. The van der Waals surface area contributed by atoms with E-state index >= 15 is 0 Å². The van der Waals surface area contributed by atoms with Gasteiger partial charge in [-0.25, -0.2) is 19.9 Å². The third-order valence-corrected chi connectivity index (χ3v) is 5.30. The Labute approximate surface area is 183 Å². The summed E-state index contributed by atoms with van der Waals surface area (Å²) in [5, 5.41) is 9.56. The number of amides is 2. The molecule has 31 heavy (non-hydrogen) atoms. The fraction of sp³-hybridized carbons (Fsp3) is 0.211. The van der Waals surface area contributed by atoms with Gasteiger partial charge in [-0.05, 0) is 35.3 Å². The molecule has 156 valence electrons. The summed E-state index contributed by atoms with van der Waals surface area (Å²) < 4.78 is 6.25. The van der Waals surface area contributed by atoms with Gasteiger partial charge in [0.05, 0.1) is 11.6 Å². The lowest BCUT2D eigenvalue weighted by atomic mass is 10.0. The van der Waals surface area contributed by atoms with Gasteiger partial charge in [0, 0.05) is 28.7 Å². The number of hydrogen-bond donors (Lipinski definition) is 3. The standard InChI is InChI=1S/C19H15BrN8O3/c1-8(24-19(30)15-10-2-3-14(29)26-16(10)23-7-22-15)13-5-12(28-31-13)18-25-11-4-9(20)6-21-17(11)27-18/h4-8H,2-3H2,1H3,(H,24,30)(H,21,25,27)(H,22,23,26,29)/t8-/m1/s1. The molecule has 4 aromatic heterocycles. The monoisotopic (exact) mass is 482 g/mol. The molecular weight excluding hydrogens is 468 g/mol. The highest BCUT2D eigenvalue weighted by Crippen LogP contribution is 2.25. The second-order valence-corrected chi connectivity index (χ2v) is 7.93. The van der Waals surface area contributed by atoms with E-state index < -0.39 is 11.9 Å². The number of H-pyrrole nitrogens is 1. The highest BCUT2D eigenvalue weighted by molar-refractivity contribution is 9.10. The van der Waals surface area contributed by atoms with Crippen molar-refractivity contribution in [2.75, 3.05) is 5.32 Å². The molecule has 1 aliphatic heterocycles. The van der Waals surface area contributed by atoms with E-state index in [0.29, 0.717) is 40.7 Å². The third kappa shape index (κ3) is 3.65. The molecule has 0 saturated heterocycles. The van der Waals surface area contributed by atoms with E-state index in [1.807, 2.05) is 6.07 Å². The van der Waals surface area contributed by atoms with Gasteiger partial charge in [-0.1, -0.05) is 5.16 Å². The zero-order valence-electron chi connectivity index (χ0n) is 16.1. The van der Waals surface area contributed by atoms with Crippen molar-refractivity contribution in [3.8, 4) is 11.5 Å². The van der Waals surface area contributed by atoms with Gasteiger partial charge >= 0.3 is 0 Å². The Bertz CT molecular complexity index is 1330. The van der Waals surface area contributed by atoms with E-state index in [2.05, 4.69) is 56.6 Å². The first-order valence-electron chi connectivity index (χ1n) is 9.41. The summed E-state index contributed by atoms with van der Waals surface area (Å²) in [5.74, 6) is 0.811. The minimum absolute atomic E-state index is 0.131. The van der Waals surface area contributed by atoms with Crippen LogP contribution in [0.1, 0.15) is 41.2 Å². The smallest absolute Gasteiger partial charge is 0.270 e. The van der Waals surface area contributed by atoms with Crippen LogP contribution in [-0.2, 0) is 11.2 Å². The van der Waals surface area contributed by atoms with E-state index in [9.17, 15) is 9.59 Å². The lowest BCUT2D eigenvalue weighted by Crippen LogP contribution is -2.30. The Hall–Kier alpha value is -3.67. The van der Waals surface area contributed by atoms with Crippen molar-refractivity contribution in [2.45, 2.75) is 25.8 Å². The van der Waals surface area contributed by atoms with Crippen LogP contribution in [0, 0.1) is 0 Å². The van der Waals surface area contributed by atoms with Gasteiger partial charge in [0.2, 0.25) is 5.91 Å². The number of anilines is 1. The van der Waals surface area contributed by atoms with Crippen LogP contribution in [0.15, 0.2) is 33.7 Å². The van der Waals surface area contributed by atoms with Crippen molar-refractivity contribution in [1.82, 2.24) is 35.4 Å². The predicted octanol–water partition coefficient (Wildman–Crippen LogP) is 2.54. The van der Waals surface area contributed by atoms with Crippen LogP contribution < -0.4 is 10.6 Å². The zero-order chi connectivity index (χ0) is 21.5. The van der Waals surface area contributed by atoms with Crippen LogP contribution in [0.3, 0.4) is 0 Å². The maximum atomic E-state index is 12.8. The Balaban J connectivity index is 1.35. The molecule has 3 N–H and O–H groups in total. The molecule has 1 aliphatic rings. The van der Waals surface area contributed by atoms with Crippen LogP contribution in [0.4, 0.5) is 5.82 Å². The van der Waals surface area contributed by atoms with Crippen molar-refractivity contribution < 1.29 is 14.1 Å². The van der Waals surface area contributed by atoms with Gasteiger partial charge in [0.25, 0.3) is 5.91 Å². The van der Waals surface area contributed by atoms with Crippen LogP contribution in [0.25, 0.3) is 22.7 Å². The van der Waals surface area contributed by atoms with Gasteiger partial charge in [-0.2, -0.15) is 0 Å². The summed E-state index contributed by atoms with van der Waals surface area (Å²) in [4.78, 5) is 44.3. The molecule has 0 radical (unpaired) electrons. The molecule has 0 fully saturated rings. The second kappa shape index (κ2) is 7.54. The normalized spacial score (nSPS) is 14.2. The molecule has 5 heterocycles. The largest absolute Gasteiger partial charge is 0.358 e. The number of halogens is 1. The van der Waals surface area contributed by atoms with Crippen LogP contribution in [0.2, 0.25) is 0 Å². The highest BCUT2D eigenvalue weighted by atomic mass is 79.9. The second-order valence-electron chi connectivity index (χ2n) is 7.02. The lowest BCUT2D eigenvalue weighted by molar-refractivity contribution is -0.116. The van der Waals surface area contributed by atoms with Crippen molar-refractivity contribution >= 4 is 44.7 Å². The molecule has 0 aromatic carbocycles. The van der Waals surface area contributed by atoms with Gasteiger partial charge in [0.1, 0.15) is 23.5 Å². The molecule has 0 bridgehead atoms. The number of aromatic nitrogens is 6. The number of carbonyl (C=O) groups excluding carboxylic acids is 2. The SMILES string of the molecule is C[C@@H](NC(=O)c1ncnc2c1CCC(=O)N2)c1cc(-c2nc3ncc(Br)cc3[nH]2)no1. The number of carbonyl (C=O) groups is 2. The average Bonchev–Trinajstić information content (AvgIpc) is 3.39. The Morgan fingerprint density at radius 3 is 3.00 bits per heavy atom. The molecule has 11 nitrogen and oxygen atoms in total. The van der Waals surface area contributed by atoms with Crippen molar-refractivity contribution in [2.24, 2.45) is 0 Å². The molecule has 0 saturated carbocycles.